The van der Waals surface area contributed by atoms with Crippen molar-refractivity contribution in [2.24, 2.45) is 0 Å². The smallest absolute Gasteiger partial charge is 0.252 e. The number of aromatic nitrogens is 3. The average molecular weight is 581 g/mol. The van der Waals surface area contributed by atoms with Crippen LogP contribution in [0.5, 0.6) is 0 Å². The van der Waals surface area contributed by atoms with E-state index in [2.05, 4.69) is 24.5 Å². The lowest BCUT2D eigenvalue weighted by Crippen LogP contribution is -2.50. The van der Waals surface area contributed by atoms with E-state index in [0.717, 1.165) is 60.1 Å². The summed E-state index contributed by atoms with van der Waals surface area (Å²) in [7, 11) is -3.77. The molecular formula is C29H33FN6O2S2. The number of hydrogen-bond donors (Lipinski definition) is 1. The summed E-state index contributed by atoms with van der Waals surface area (Å²) in [6, 6.07) is 14.4. The van der Waals surface area contributed by atoms with Crippen molar-refractivity contribution in [2.45, 2.75) is 49.0 Å². The second-order valence-corrected chi connectivity index (χ2v) is 13.5. The summed E-state index contributed by atoms with van der Waals surface area (Å²) in [5.74, 6) is -0.251. The fraction of sp³-hybridized carbons (Fsp3) is 0.379. The molecule has 2 aromatic heterocycles. The SMILES string of the molecule is CC(NS(=O)(=O)c1cnc(N2CCN3CCCC3C2)s1)c1ccccc1-c1cncn1CCc1ccc(F)cc1. The number of imidazole rings is 1. The van der Waals surface area contributed by atoms with E-state index in [9.17, 15) is 12.8 Å². The van der Waals surface area contributed by atoms with Crippen LogP contribution in [-0.4, -0.2) is 60.1 Å². The van der Waals surface area contributed by atoms with Crippen LogP contribution in [0.25, 0.3) is 11.3 Å². The van der Waals surface area contributed by atoms with Gasteiger partial charge in [0, 0.05) is 43.8 Å². The van der Waals surface area contributed by atoms with Crippen LogP contribution in [0.1, 0.15) is 36.9 Å². The molecule has 4 aromatic rings. The number of benzene rings is 2. The monoisotopic (exact) mass is 580 g/mol. The summed E-state index contributed by atoms with van der Waals surface area (Å²) in [5, 5.41) is 0.769. The topological polar surface area (TPSA) is 83.4 Å². The Hall–Kier alpha value is -3.12. The maximum atomic E-state index is 13.4. The number of fused-ring (bicyclic) bond motifs is 1. The van der Waals surface area contributed by atoms with Gasteiger partial charge in [0.15, 0.2) is 9.34 Å². The Morgan fingerprint density at radius 1 is 1.10 bits per heavy atom. The van der Waals surface area contributed by atoms with Crippen LogP contribution in [-0.2, 0) is 23.0 Å². The predicted molar refractivity (Wildman–Crippen MR) is 155 cm³/mol. The van der Waals surface area contributed by atoms with Crippen LogP contribution in [0.3, 0.4) is 0 Å². The Morgan fingerprint density at radius 3 is 2.77 bits per heavy atom. The van der Waals surface area contributed by atoms with Gasteiger partial charge in [0.25, 0.3) is 10.0 Å². The van der Waals surface area contributed by atoms with E-state index in [0.29, 0.717) is 12.6 Å². The van der Waals surface area contributed by atoms with Crippen LogP contribution in [0.15, 0.2) is 71.5 Å². The molecule has 2 fully saturated rings. The van der Waals surface area contributed by atoms with Gasteiger partial charge < -0.3 is 9.47 Å². The molecule has 8 nitrogen and oxygen atoms in total. The highest BCUT2D eigenvalue weighted by Crippen LogP contribution is 2.33. The molecule has 0 amide bonds. The third-order valence-corrected chi connectivity index (χ3v) is 11.0. The first kappa shape index (κ1) is 27.1. The average Bonchev–Trinajstić information content (AvgIpc) is 3.73. The Morgan fingerprint density at radius 2 is 1.93 bits per heavy atom. The van der Waals surface area contributed by atoms with E-state index < -0.39 is 16.1 Å². The number of anilines is 1. The maximum Gasteiger partial charge on any atom is 0.252 e. The third kappa shape index (κ3) is 5.69. The zero-order valence-corrected chi connectivity index (χ0v) is 24.0. The molecule has 2 unspecified atom stereocenters. The number of halogens is 1. The fourth-order valence-corrected chi connectivity index (χ4v) is 8.16. The van der Waals surface area contributed by atoms with Gasteiger partial charge in [0.05, 0.1) is 24.4 Å². The minimum absolute atomic E-state index is 0.227. The normalized spacial score (nSPS) is 18.6. The lowest BCUT2D eigenvalue weighted by Gasteiger charge is -2.37. The molecule has 6 rings (SSSR count). The Kier molecular flexibility index (Phi) is 7.71. The van der Waals surface area contributed by atoms with E-state index in [1.54, 1.807) is 24.7 Å². The Balaban J connectivity index is 1.17. The highest BCUT2D eigenvalue weighted by atomic mass is 32.2. The molecular weight excluding hydrogens is 547 g/mol. The van der Waals surface area contributed by atoms with Crippen molar-refractivity contribution in [3.63, 3.8) is 0 Å². The molecule has 11 heteroatoms. The second kappa shape index (κ2) is 11.4. The van der Waals surface area contributed by atoms with Gasteiger partial charge in [-0.05, 0) is 56.0 Å². The quantitative estimate of drug-likeness (QED) is 0.309. The highest BCUT2D eigenvalue weighted by molar-refractivity contribution is 7.91. The summed E-state index contributed by atoms with van der Waals surface area (Å²) in [5.41, 5.74) is 3.70. The molecule has 2 aliphatic rings. The maximum absolute atomic E-state index is 13.4. The predicted octanol–water partition coefficient (Wildman–Crippen LogP) is 4.71. The lowest BCUT2D eigenvalue weighted by molar-refractivity contribution is 0.231. The largest absolute Gasteiger partial charge is 0.345 e. The van der Waals surface area contributed by atoms with Crippen LogP contribution in [0, 0.1) is 5.82 Å². The number of thiazole rings is 1. The molecule has 0 saturated carbocycles. The molecule has 2 aliphatic heterocycles. The van der Waals surface area contributed by atoms with E-state index in [1.165, 1.54) is 42.5 Å². The van der Waals surface area contributed by atoms with Gasteiger partial charge >= 0.3 is 0 Å². The summed E-state index contributed by atoms with van der Waals surface area (Å²) in [6.07, 6.45) is 8.19. The van der Waals surface area contributed by atoms with Crippen molar-refractivity contribution in [3.8, 4) is 11.3 Å². The Bertz CT molecular complexity index is 1570. The van der Waals surface area contributed by atoms with Crippen molar-refractivity contribution >= 4 is 26.5 Å². The molecule has 2 aromatic carbocycles. The number of aryl methyl sites for hydroxylation is 2. The number of nitrogens with zero attached hydrogens (tertiary/aromatic N) is 5. The zero-order valence-electron chi connectivity index (χ0n) is 22.4. The van der Waals surface area contributed by atoms with E-state index in [4.69, 9.17) is 0 Å². The Labute approximate surface area is 238 Å². The van der Waals surface area contributed by atoms with Crippen LogP contribution < -0.4 is 9.62 Å². The van der Waals surface area contributed by atoms with Gasteiger partial charge in [-0.3, -0.25) is 4.90 Å². The third-order valence-electron chi connectivity index (χ3n) is 7.90. The molecule has 0 bridgehead atoms. The van der Waals surface area contributed by atoms with Crippen molar-refractivity contribution in [3.05, 3.63) is 84.2 Å². The molecule has 210 valence electrons. The number of sulfonamides is 1. The van der Waals surface area contributed by atoms with Gasteiger partial charge in [0.2, 0.25) is 0 Å². The van der Waals surface area contributed by atoms with Crippen LogP contribution in [0.2, 0.25) is 0 Å². The number of nitrogens with one attached hydrogen (secondary N) is 1. The van der Waals surface area contributed by atoms with E-state index in [1.807, 2.05) is 35.8 Å². The first-order valence-corrected chi connectivity index (χ1v) is 16.0. The summed E-state index contributed by atoms with van der Waals surface area (Å²) in [6.45, 7) is 6.45. The van der Waals surface area contributed by atoms with Crippen molar-refractivity contribution in [1.82, 2.24) is 24.2 Å². The zero-order chi connectivity index (χ0) is 27.7. The number of piperazine rings is 1. The van der Waals surface area contributed by atoms with Gasteiger partial charge in [-0.2, -0.15) is 0 Å². The molecule has 2 atom stereocenters. The standard InChI is InChI=1S/C29H33FN6O2S2/c1-21(33-40(37,38)28-18-32-29(39-28)35-16-15-34-13-4-5-24(34)19-35)25-6-2-3-7-26(25)27-17-31-20-36(27)14-12-22-8-10-23(30)11-9-22/h2-3,6-11,17-18,20-21,24,33H,4-5,12-16,19H2,1H3. The minimum Gasteiger partial charge on any atom is -0.345 e. The van der Waals surface area contributed by atoms with Gasteiger partial charge in [-0.25, -0.2) is 27.5 Å². The summed E-state index contributed by atoms with van der Waals surface area (Å²) >= 11 is 1.24. The van der Waals surface area contributed by atoms with Gasteiger partial charge in [-0.1, -0.05) is 47.7 Å². The van der Waals surface area contributed by atoms with Crippen molar-refractivity contribution < 1.29 is 12.8 Å². The first-order valence-electron chi connectivity index (χ1n) is 13.7. The molecule has 0 spiro atoms. The second-order valence-electron chi connectivity index (χ2n) is 10.5. The highest BCUT2D eigenvalue weighted by Gasteiger charge is 2.32. The molecule has 4 heterocycles. The van der Waals surface area contributed by atoms with Crippen LogP contribution in [0.4, 0.5) is 9.52 Å². The number of rotatable bonds is 9. The molecule has 40 heavy (non-hydrogen) atoms. The van der Waals surface area contributed by atoms with E-state index >= 15 is 0 Å². The van der Waals surface area contributed by atoms with Gasteiger partial charge in [0.1, 0.15) is 5.82 Å². The van der Waals surface area contributed by atoms with Gasteiger partial charge in [-0.15, -0.1) is 0 Å². The summed E-state index contributed by atoms with van der Waals surface area (Å²) in [4.78, 5) is 13.6. The molecule has 2 saturated heterocycles. The first-order chi connectivity index (χ1) is 19.4. The summed E-state index contributed by atoms with van der Waals surface area (Å²) < 4.78 is 45.3. The van der Waals surface area contributed by atoms with Crippen molar-refractivity contribution in [1.29, 1.82) is 0 Å². The minimum atomic E-state index is -3.77. The number of hydrogen-bond acceptors (Lipinski definition) is 7. The molecule has 1 N–H and O–H groups in total. The van der Waals surface area contributed by atoms with Crippen molar-refractivity contribution in [2.75, 3.05) is 31.1 Å². The molecule has 0 radical (unpaired) electrons. The van der Waals surface area contributed by atoms with Crippen LogP contribution >= 0.6 is 11.3 Å². The fourth-order valence-electron chi connectivity index (χ4n) is 5.77. The molecule has 0 aliphatic carbocycles. The van der Waals surface area contributed by atoms with E-state index in [-0.39, 0.29) is 10.0 Å². The lowest BCUT2D eigenvalue weighted by atomic mass is 10.00.